The van der Waals surface area contributed by atoms with Crippen molar-refractivity contribution in [1.29, 1.82) is 0 Å². The predicted molar refractivity (Wildman–Crippen MR) is 94.2 cm³/mol. The van der Waals surface area contributed by atoms with Crippen LogP contribution in [-0.4, -0.2) is 17.5 Å². The van der Waals surface area contributed by atoms with E-state index in [0.717, 1.165) is 21.5 Å². The molecular weight excluding hydrogens is 308 g/mol. The van der Waals surface area contributed by atoms with Crippen molar-refractivity contribution in [2.45, 2.75) is 19.8 Å². The molecule has 1 N–H and O–H groups in total. The number of amides is 1. The van der Waals surface area contributed by atoms with Crippen LogP contribution >= 0.6 is 11.3 Å². The second-order valence-electron chi connectivity index (χ2n) is 5.08. The van der Waals surface area contributed by atoms with Crippen molar-refractivity contribution in [3.8, 4) is 5.75 Å². The van der Waals surface area contributed by atoms with Gasteiger partial charge in [-0.15, -0.1) is 0 Å². The topological polar surface area (TPSA) is 51.2 Å². The summed E-state index contributed by atoms with van der Waals surface area (Å²) in [6.07, 6.45) is 1.05. The molecule has 2 aromatic carbocycles. The highest BCUT2D eigenvalue weighted by Crippen LogP contribution is 2.25. The Morgan fingerprint density at radius 3 is 2.78 bits per heavy atom. The summed E-state index contributed by atoms with van der Waals surface area (Å²) in [7, 11) is 0. The lowest BCUT2D eigenvalue weighted by molar-refractivity contribution is -0.116. The number of para-hydroxylation sites is 2. The molecule has 23 heavy (non-hydrogen) atoms. The van der Waals surface area contributed by atoms with Gasteiger partial charge in [0.1, 0.15) is 5.75 Å². The van der Waals surface area contributed by atoms with E-state index in [-0.39, 0.29) is 5.91 Å². The number of nitrogens with zero attached hydrogens (tertiary/aromatic N) is 1. The maximum absolute atomic E-state index is 12.1. The largest absolute Gasteiger partial charge is 0.494 e. The highest BCUT2D eigenvalue weighted by molar-refractivity contribution is 7.22. The summed E-state index contributed by atoms with van der Waals surface area (Å²) < 4.78 is 6.66. The smallest absolute Gasteiger partial charge is 0.226 e. The van der Waals surface area contributed by atoms with E-state index in [1.807, 2.05) is 55.5 Å². The van der Waals surface area contributed by atoms with Crippen LogP contribution in [0.25, 0.3) is 10.2 Å². The van der Waals surface area contributed by atoms with Crippen molar-refractivity contribution in [2.24, 2.45) is 0 Å². The van der Waals surface area contributed by atoms with Crippen molar-refractivity contribution in [1.82, 2.24) is 4.98 Å². The molecule has 0 unspecified atom stereocenters. The maximum Gasteiger partial charge on any atom is 0.226 e. The molecule has 0 saturated heterocycles. The maximum atomic E-state index is 12.1. The molecule has 0 spiro atoms. The fourth-order valence-electron chi connectivity index (χ4n) is 2.36. The Morgan fingerprint density at radius 2 is 1.96 bits per heavy atom. The van der Waals surface area contributed by atoms with E-state index in [1.165, 1.54) is 11.3 Å². The number of hydrogen-bond donors (Lipinski definition) is 1. The molecule has 1 amide bonds. The third-order valence-electron chi connectivity index (χ3n) is 3.43. The number of thiazole rings is 1. The second kappa shape index (κ2) is 7.24. The van der Waals surface area contributed by atoms with Crippen LogP contribution in [-0.2, 0) is 11.2 Å². The van der Waals surface area contributed by atoms with E-state index in [1.54, 1.807) is 0 Å². The SMILES string of the molecule is CCOc1ccccc1CCC(=O)Nc1nc2ccccc2s1. The summed E-state index contributed by atoms with van der Waals surface area (Å²) >= 11 is 1.49. The molecule has 0 bridgehead atoms. The third kappa shape index (κ3) is 3.87. The molecule has 5 heteroatoms. The van der Waals surface area contributed by atoms with Crippen molar-refractivity contribution in [2.75, 3.05) is 11.9 Å². The van der Waals surface area contributed by atoms with Crippen LogP contribution < -0.4 is 10.1 Å². The minimum atomic E-state index is -0.0321. The quantitative estimate of drug-likeness (QED) is 0.736. The van der Waals surface area contributed by atoms with E-state index in [0.29, 0.717) is 24.6 Å². The lowest BCUT2D eigenvalue weighted by Crippen LogP contribution is -2.12. The Balaban J connectivity index is 1.61. The first-order valence-corrected chi connectivity index (χ1v) is 8.44. The van der Waals surface area contributed by atoms with Gasteiger partial charge in [0, 0.05) is 6.42 Å². The number of hydrogen-bond acceptors (Lipinski definition) is 4. The summed E-state index contributed by atoms with van der Waals surface area (Å²) in [5.41, 5.74) is 1.96. The van der Waals surface area contributed by atoms with Crippen LogP contribution in [0, 0.1) is 0 Å². The molecule has 118 valence electrons. The molecule has 0 aliphatic rings. The standard InChI is InChI=1S/C18H18N2O2S/c1-2-22-15-9-5-3-7-13(15)11-12-17(21)20-18-19-14-8-4-6-10-16(14)23-18/h3-10H,2,11-12H2,1H3,(H,19,20,21). The Kier molecular flexibility index (Phi) is 4.88. The Hall–Kier alpha value is -2.40. The first-order valence-electron chi connectivity index (χ1n) is 7.62. The van der Waals surface area contributed by atoms with Gasteiger partial charge in [-0.2, -0.15) is 0 Å². The molecule has 0 saturated carbocycles. The van der Waals surface area contributed by atoms with Crippen LogP contribution in [0.15, 0.2) is 48.5 Å². The van der Waals surface area contributed by atoms with E-state index in [2.05, 4.69) is 10.3 Å². The minimum Gasteiger partial charge on any atom is -0.494 e. The van der Waals surface area contributed by atoms with Gasteiger partial charge in [-0.3, -0.25) is 4.79 Å². The average molecular weight is 326 g/mol. The Morgan fingerprint density at radius 1 is 1.17 bits per heavy atom. The summed E-state index contributed by atoms with van der Waals surface area (Å²) in [5.74, 6) is 0.818. The molecule has 1 heterocycles. The van der Waals surface area contributed by atoms with Crippen LogP contribution in [0.5, 0.6) is 5.75 Å². The van der Waals surface area contributed by atoms with Crippen LogP contribution in [0.2, 0.25) is 0 Å². The molecule has 1 aromatic heterocycles. The van der Waals surface area contributed by atoms with Gasteiger partial charge in [0.25, 0.3) is 0 Å². The zero-order valence-corrected chi connectivity index (χ0v) is 13.7. The molecule has 0 aliphatic heterocycles. The van der Waals surface area contributed by atoms with E-state index < -0.39 is 0 Å². The number of ether oxygens (including phenoxy) is 1. The molecule has 3 aromatic rings. The first kappa shape index (κ1) is 15.5. The number of carbonyl (C=O) groups excluding carboxylic acids is 1. The van der Waals surface area contributed by atoms with E-state index >= 15 is 0 Å². The lowest BCUT2D eigenvalue weighted by atomic mass is 10.1. The van der Waals surface area contributed by atoms with Gasteiger partial charge < -0.3 is 10.1 Å². The van der Waals surface area contributed by atoms with Gasteiger partial charge in [0.2, 0.25) is 5.91 Å². The first-order chi connectivity index (χ1) is 11.3. The van der Waals surface area contributed by atoms with Gasteiger partial charge in [0.15, 0.2) is 5.13 Å². The van der Waals surface area contributed by atoms with Gasteiger partial charge in [-0.25, -0.2) is 4.98 Å². The zero-order chi connectivity index (χ0) is 16.1. The van der Waals surface area contributed by atoms with Crippen molar-refractivity contribution in [3.05, 3.63) is 54.1 Å². The van der Waals surface area contributed by atoms with Crippen LogP contribution in [0.1, 0.15) is 18.9 Å². The van der Waals surface area contributed by atoms with Crippen molar-refractivity contribution in [3.63, 3.8) is 0 Å². The molecule has 0 aliphatic carbocycles. The number of benzene rings is 2. The summed E-state index contributed by atoms with van der Waals surface area (Å²) in [4.78, 5) is 16.6. The number of carbonyl (C=O) groups is 1. The van der Waals surface area contributed by atoms with Crippen molar-refractivity contribution < 1.29 is 9.53 Å². The third-order valence-corrected chi connectivity index (χ3v) is 4.39. The van der Waals surface area contributed by atoms with Gasteiger partial charge >= 0.3 is 0 Å². The fraction of sp³-hybridized carbons (Fsp3) is 0.222. The monoisotopic (exact) mass is 326 g/mol. The average Bonchev–Trinajstić information content (AvgIpc) is 2.96. The Labute approximate surface area is 139 Å². The van der Waals surface area contributed by atoms with Crippen LogP contribution in [0.4, 0.5) is 5.13 Å². The van der Waals surface area contributed by atoms with Crippen molar-refractivity contribution >= 4 is 32.6 Å². The number of fused-ring (bicyclic) bond motifs is 1. The second-order valence-corrected chi connectivity index (χ2v) is 6.11. The molecular formula is C18H18N2O2S. The summed E-state index contributed by atoms with van der Waals surface area (Å²) in [6.45, 7) is 2.57. The Bertz CT molecular complexity index is 780. The minimum absolute atomic E-state index is 0.0321. The highest BCUT2D eigenvalue weighted by atomic mass is 32.1. The molecule has 0 radical (unpaired) electrons. The normalized spacial score (nSPS) is 10.7. The van der Waals surface area contributed by atoms with E-state index in [4.69, 9.17) is 4.74 Å². The van der Waals surface area contributed by atoms with Gasteiger partial charge in [-0.05, 0) is 37.1 Å². The van der Waals surface area contributed by atoms with E-state index in [9.17, 15) is 4.79 Å². The van der Waals surface area contributed by atoms with Crippen LogP contribution in [0.3, 0.4) is 0 Å². The zero-order valence-electron chi connectivity index (χ0n) is 12.9. The number of rotatable bonds is 6. The highest BCUT2D eigenvalue weighted by Gasteiger charge is 2.09. The molecule has 3 rings (SSSR count). The van der Waals surface area contributed by atoms with Gasteiger partial charge in [-0.1, -0.05) is 41.7 Å². The molecule has 4 nitrogen and oxygen atoms in total. The fourth-order valence-corrected chi connectivity index (χ4v) is 3.24. The lowest BCUT2D eigenvalue weighted by Gasteiger charge is -2.09. The molecule has 0 fully saturated rings. The summed E-state index contributed by atoms with van der Waals surface area (Å²) in [5, 5.41) is 3.53. The van der Waals surface area contributed by atoms with Gasteiger partial charge in [0.05, 0.1) is 16.8 Å². The number of anilines is 1. The molecule has 0 atom stereocenters. The predicted octanol–water partition coefficient (Wildman–Crippen LogP) is 4.27. The number of nitrogens with one attached hydrogen (secondary N) is 1. The summed E-state index contributed by atoms with van der Waals surface area (Å²) in [6, 6.07) is 15.7. The number of aryl methyl sites for hydroxylation is 1. The number of aromatic nitrogens is 1.